The van der Waals surface area contributed by atoms with Crippen molar-refractivity contribution >= 4 is 10.8 Å². The summed E-state index contributed by atoms with van der Waals surface area (Å²) in [4.78, 5) is 0. The van der Waals surface area contributed by atoms with E-state index in [1.807, 2.05) is 0 Å². The highest BCUT2D eigenvalue weighted by molar-refractivity contribution is 7.90. The van der Waals surface area contributed by atoms with Crippen LogP contribution in [0, 0.1) is 11.7 Å². The summed E-state index contributed by atoms with van der Waals surface area (Å²) in [6, 6.07) is 0. The quantitative estimate of drug-likeness (QED) is 0.504. The van der Waals surface area contributed by atoms with E-state index in [4.69, 9.17) is 6.42 Å². The van der Waals surface area contributed by atoms with Gasteiger partial charge in [-0.25, -0.2) is 4.21 Å². The predicted octanol–water partition coefficient (Wildman–Crippen LogP) is 1.27. The van der Waals surface area contributed by atoms with Crippen LogP contribution in [0.2, 0.25) is 0 Å². The maximum Gasteiger partial charge on any atom is 0.100 e. The molecule has 1 nitrogen and oxygen atoms in total. The van der Waals surface area contributed by atoms with Crippen LogP contribution in [0.25, 0.3) is 0 Å². The molecule has 0 aromatic rings. The third-order valence-corrected chi connectivity index (χ3v) is 3.03. The van der Waals surface area contributed by atoms with Crippen molar-refractivity contribution in [2.24, 2.45) is 0 Å². The minimum atomic E-state index is -0.975. The van der Waals surface area contributed by atoms with E-state index in [-0.39, 0.29) is 0 Å². The zero-order chi connectivity index (χ0) is 6.69. The van der Waals surface area contributed by atoms with Gasteiger partial charge in [0.2, 0.25) is 0 Å². The van der Waals surface area contributed by atoms with Gasteiger partial charge in [-0.1, -0.05) is 12.8 Å². The largest absolute Gasteiger partial charge is 0.246 e. The average Bonchev–Trinajstić information content (AvgIpc) is 2.37. The molecule has 1 atom stereocenters. The summed E-state index contributed by atoms with van der Waals surface area (Å²) in [6.45, 7) is 0. The van der Waals surface area contributed by atoms with Gasteiger partial charge in [0.15, 0.2) is 0 Å². The molecule has 1 rings (SSSR count). The highest BCUT2D eigenvalue weighted by Crippen LogP contribution is 2.22. The molecule has 0 aliphatic heterocycles. The smallest absolute Gasteiger partial charge is 0.100 e. The van der Waals surface area contributed by atoms with Gasteiger partial charge in [0, 0.05) is 5.25 Å². The summed E-state index contributed by atoms with van der Waals surface area (Å²) in [6.07, 6.45) is 9.55. The SMILES string of the molecule is C#CS(=O)C1CCCC1. The third kappa shape index (κ3) is 1.56. The molecule has 1 saturated carbocycles. The lowest BCUT2D eigenvalue weighted by Gasteiger charge is -1.99. The lowest BCUT2D eigenvalue weighted by molar-refractivity contribution is 0.676. The summed E-state index contributed by atoms with van der Waals surface area (Å²) in [7, 11) is -0.975. The zero-order valence-electron chi connectivity index (χ0n) is 5.30. The zero-order valence-corrected chi connectivity index (χ0v) is 6.12. The Kier molecular flexibility index (Phi) is 2.29. The topological polar surface area (TPSA) is 17.1 Å². The normalized spacial score (nSPS) is 23.4. The third-order valence-electron chi connectivity index (χ3n) is 1.72. The molecule has 1 aliphatic carbocycles. The molecule has 9 heavy (non-hydrogen) atoms. The number of hydrogen-bond donors (Lipinski definition) is 0. The molecule has 50 valence electrons. The van der Waals surface area contributed by atoms with E-state index in [0.29, 0.717) is 5.25 Å². The molecule has 0 amide bonds. The summed E-state index contributed by atoms with van der Waals surface area (Å²) in [5.41, 5.74) is 0. The molecule has 1 unspecified atom stereocenters. The van der Waals surface area contributed by atoms with Gasteiger partial charge >= 0.3 is 0 Å². The van der Waals surface area contributed by atoms with Gasteiger partial charge in [-0.15, -0.1) is 6.42 Å². The van der Waals surface area contributed by atoms with E-state index in [2.05, 4.69) is 5.25 Å². The van der Waals surface area contributed by atoms with Crippen LogP contribution in [0.15, 0.2) is 0 Å². The Labute approximate surface area is 58.3 Å². The van der Waals surface area contributed by atoms with Crippen LogP contribution in [0.5, 0.6) is 0 Å². The fourth-order valence-electron chi connectivity index (χ4n) is 1.20. The molecule has 0 spiro atoms. The highest BCUT2D eigenvalue weighted by Gasteiger charge is 2.19. The van der Waals surface area contributed by atoms with Crippen LogP contribution in [-0.4, -0.2) is 9.46 Å². The summed E-state index contributed by atoms with van der Waals surface area (Å²) in [5.74, 6) is 0. The maximum atomic E-state index is 10.9. The lowest BCUT2D eigenvalue weighted by atomic mass is 10.4. The minimum Gasteiger partial charge on any atom is -0.246 e. The standard InChI is InChI=1S/C7H10OS/c1-2-9(8)7-5-3-4-6-7/h1,7H,3-6H2. The minimum absolute atomic E-state index is 0.315. The van der Waals surface area contributed by atoms with E-state index >= 15 is 0 Å². The second kappa shape index (κ2) is 3.03. The molecule has 1 fully saturated rings. The van der Waals surface area contributed by atoms with Gasteiger partial charge in [0.25, 0.3) is 0 Å². The Morgan fingerprint density at radius 1 is 1.44 bits per heavy atom. The molecule has 0 aromatic carbocycles. The second-order valence-corrected chi connectivity index (χ2v) is 3.82. The summed E-state index contributed by atoms with van der Waals surface area (Å²) < 4.78 is 10.9. The Balaban J connectivity index is 2.44. The number of hydrogen-bond acceptors (Lipinski definition) is 1. The van der Waals surface area contributed by atoms with Gasteiger partial charge in [-0.05, 0) is 18.1 Å². The van der Waals surface area contributed by atoms with Crippen LogP contribution in [0.3, 0.4) is 0 Å². The molecule has 0 heterocycles. The number of terminal acetylenes is 1. The van der Waals surface area contributed by atoms with Crippen molar-refractivity contribution in [2.45, 2.75) is 30.9 Å². The van der Waals surface area contributed by atoms with Crippen molar-refractivity contribution in [3.63, 3.8) is 0 Å². The van der Waals surface area contributed by atoms with Crippen molar-refractivity contribution in [1.82, 2.24) is 0 Å². The Hall–Kier alpha value is -0.290. The van der Waals surface area contributed by atoms with Gasteiger partial charge in [0.1, 0.15) is 10.8 Å². The molecule has 0 radical (unpaired) electrons. The van der Waals surface area contributed by atoms with Crippen LogP contribution in [-0.2, 0) is 10.8 Å². The van der Waals surface area contributed by atoms with Crippen molar-refractivity contribution in [2.75, 3.05) is 0 Å². The van der Waals surface area contributed by atoms with Crippen LogP contribution >= 0.6 is 0 Å². The Morgan fingerprint density at radius 3 is 2.44 bits per heavy atom. The molecule has 0 saturated heterocycles. The first-order valence-electron chi connectivity index (χ1n) is 3.21. The van der Waals surface area contributed by atoms with Crippen LogP contribution in [0.4, 0.5) is 0 Å². The summed E-state index contributed by atoms with van der Waals surface area (Å²) >= 11 is 0. The molecule has 0 bridgehead atoms. The molecule has 2 heteroatoms. The fraction of sp³-hybridized carbons (Fsp3) is 0.714. The van der Waals surface area contributed by atoms with Gasteiger partial charge in [-0.3, -0.25) is 0 Å². The average molecular weight is 142 g/mol. The second-order valence-electron chi connectivity index (χ2n) is 2.32. The van der Waals surface area contributed by atoms with Gasteiger partial charge < -0.3 is 0 Å². The van der Waals surface area contributed by atoms with Crippen LogP contribution < -0.4 is 0 Å². The number of rotatable bonds is 1. The molecule has 0 aromatic heterocycles. The molecular weight excluding hydrogens is 132 g/mol. The highest BCUT2D eigenvalue weighted by atomic mass is 32.2. The predicted molar refractivity (Wildman–Crippen MR) is 39.2 cm³/mol. The fourth-order valence-corrected chi connectivity index (χ4v) is 2.15. The van der Waals surface area contributed by atoms with Gasteiger partial charge in [-0.2, -0.15) is 0 Å². The monoisotopic (exact) mass is 142 g/mol. The van der Waals surface area contributed by atoms with Crippen LogP contribution in [0.1, 0.15) is 25.7 Å². The van der Waals surface area contributed by atoms with E-state index in [1.165, 1.54) is 12.8 Å². The molecule has 1 aliphatic rings. The van der Waals surface area contributed by atoms with Gasteiger partial charge in [0.05, 0.1) is 0 Å². The summed E-state index contributed by atoms with van der Waals surface area (Å²) in [5, 5.41) is 2.59. The van der Waals surface area contributed by atoms with Crippen molar-refractivity contribution in [3.05, 3.63) is 0 Å². The van der Waals surface area contributed by atoms with Crippen molar-refractivity contribution in [1.29, 1.82) is 0 Å². The first-order chi connectivity index (χ1) is 4.34. The van der Waals surface area contributed by atoms with Crippen molar-refractivity contribution in [3.8, 4) is 11.7 Å². The van der Waals surface area contributed by atoms with E-state index in [0.717, 1.165) is 12.8 Å². The molecular formula is C7H10OS. The van der Waals surface area contributed by atoms with E-state index < -0.39 is 10.8 Å². The Bertz CT molecular complexity index is 151. The van der Waals surface area contributed by atoms with E-state index in [9.17, 15) is 4.21 Å². The van der Waals surface area contributed by atoms with Crippen molar-refractivity contribution < 1.29 is 4.21 Å². The molecule has 0 N–H and O–H groups in total. The maximum absolute atomic E-state index is 10.9. The van der Waals surface area contributed by atoms with E-state index in [1.54, 1.807) is 0 Å². The first kappa shape index (κ1) is 6.82. The first-order valence-corrected chi connectivity index (χ1v) is 4.42. The lowest BCUT2D eigenvalue weighted by Crippen LogP contribution is -2.06. The Morgan fingerprint density at radius 2 is 2.00 bits per heavy atom.